The minimum atomic E-state index is -0.317. The van der Waals surface area contributed by atoms with E-state index in [0.717, 1.165) is 11.3 Å². The van der Waals surface area contributed by atoms with E-state index in [4.69, 9.17) is 11.5 Å². The lowest BCUT2D eigenvalue weighted by Crippen LogP contribution is -2.28. The first kappa shape index (κ1) is 9.74. The third-order valence-corrected chi connectivity index (χ3v) is 1.58. The van der Waals surface area contributed by atoms with Gasteiger partial charge in [0.05, 0.1) is 0 Å². The number of hydrogen-bond donors (Lipinski definition) is 2. The predicted molar refractivity (Wildman–Crippen MR) is 55.9 cm³/mol. The van der Waals surface area contributed by atoms with Crippen molar-refractivity contribution in [2.45, 2.75) is 19.4 Å². The van der Waals surface area contributed by atoms with Gasteiger partial charge in [-0.3, -0.25) is 4.98 Å². The summed E-state index contributed by atoms with van der Waals surface area (Å²) in [6.07, 6.45) is 7.18. The molecule has 0 saturated carbocycles. The van der Waals surface area contributed by atoms with Gasteiger partial charge in [-0.25, -0.2) is 0 Å². The molecule has 0 unspecified atom stereocenters. The maximum absolute atomic E-state index is 5.79. The number of nitrogens with zero attached hydrogens (tertiary/aromatic N) is 1. The summed E-state index contributed by atoms with van der Waals surface area (Å²) in [5.74, 6) is 0. The van der Waals surface area contributed by atoms with Crippen LogP contribution in [0.15, 0.2) is 24.5 Å². The first-order valence-electron chi connectivity index (χ1n) is 4.17. The highest BCUT2D eigenvalue weighted by Crippen LogP contribution is 2.12. The van der Waals surface area contributed by atoms with Gasteiger partial charge >= 0.3 is 0 Å². The molecule has 0 aliphatic heterocycles. The number of nitrogen functional groups attached to an aromatic ring is 1. The standard InChI is InChI=1S/C10H15N3/c1-10(2,12)5-3-8-7-13-6-4-9(8)11/h3-7H,12H2,1-2H3,(H2,11,13)/b5-3-. The first-order valence-corrected chi connectivity index (χ1v) is 4.17. The fraction of sp³-hybridized carbons (Fsp3) is 0.300. The zero-order valence-corrected chi connectivity index (χ0v) is 7.99. The Labute approximate surface area is 78.5 Å². The number of pyridine rings is 1. The lowest BCUT2D eigenvalue weighted by atomic mass is 10.1. The normalized spacial score (nSPS) is 12.2. The number of nitrogens with two attached hydrogens (primary N) is 2. The topological polar surface area (TPSA) is 64.9 Å². The molecule has 0 fully saturated rings. The molecule has 3 heteroatoms. The highest BCUT2D eigenvalue weighted by Gasteiger charge is 2.04. The molecule has 0 aliphatic rings. The molecular weight excluding hydrogens is 162 g/mol. The maximum atomic E-state index is 5.79. The van der Waals surface area contributed by atoms with Gasteiger partial charge in [0.2, 0.25) is 0 Å². The average Bonchev–Trinajstić information content (AvgIpc) is 2.01. The van der Waals surface area contributed by atoms with Crippen molar-refractivity contribution in [3.8, 4) is 0 Å². The van der Waals surface area contributed by atoms with E-state index in [1.54, 1.807) is 18.5 Å². The van der Waals surface area contributed by atoms with Crippen molar-refractivity contribution in [3.05, 3.63) is 30.1 Å². The van der Waals surface area contributed by atoms with Crippen molar-refractivity contribution >= 4 is 11.8 Å². The van der Waals surface area contributed by atoms with Crippen LogP contribution in [-0.4, -0.2) is 10.5 Å². The van der Waals surface area contributed by atoms with Gasteiger partial charge in [-0.2, -0.15) is 0 Å². The van der Waals surface area contributed by atoms with E-state index < -0.39 is 0 Å². The molecule has 0 atom stereocenters. The molecule has 1 heterocycles. The highest BCUT2D eigenvalue weighted by atomic mass is 14.7. The maximum Gasteiger partial charge on any atom is 0.0418 e. The molecule has 0 amide bonds. The van der Waals surface area contributed by atoms with Crippen LogP contribution >= 0.6 is 0 Å². The SMILES string of the molecule is CC(C)(N)/C=C\c1cnccc1N. The van der Waals surface area contributed by atoms with Gasteiger partial charge in [0.15, 0.2) is 0 Å². The Bertz CT molecular complexity index is 310. The van der Waals surface area contributed by atoms with E-state index in [-0.39, 0.29) is 5.54 Å². The molecule has 70 valence electrons. The van der Waals surface area contributed by atoms with Crippen molar-refractivity contribution in [1.29, 1.82) is 0 Å². The van der Waals surface area contributed by atoms with E-state index in [0.29, 0.717) is 0 Å². The predicted octanol–water partition coefficient (Wildman–Crippen LogP) is 1.41. The van der Waals surface area contributed by atoms with Crippen LogP contribution in [0, 0.1) is 0 Å². The molecule has 4 N–H and O–H groups in total. The summed E-state index contributed by atoms with van der Waals surface area (Å²) >= 11 is 0. The fourth-order valence-corrected chi connectivity index (χ4v) is 0.861. The largest absolute Gasteiger partial charge is 0.398 e. The van der Waals surface area contributed by atoms with Crippen LogP contribution < -0.4 is 11.5 Å². The summed E-state index contributed by atoms with van der Waals surface area (Å²) in [5, 5.41) is 0. The second-order valence-electron chi connectivity index (χ2n) is 3.66. The smallest absolute Gasteiger partial charge is 0.0418 e. The Hall–Kier alpha value is -1.35. The Morgan fingerprint density at radius 3 is 2.69 bits per heavy atom. The number of hydrogen-bond acceptors (Lipinski definition) is 3. The summed E-state index contributed by atoms with van der Waals surface area (Å²) in [4.78, 5) is 3.97. The second kappa shape index (κ2) is 3.58. The Morgan fingerprint density at radius 1 is 1.46 bits per heavy atom. The number of rotatable bonds is 2. The Morgan fingerprint density at radius 2 is 2.15 bits per heavy atom. The zero-order valence-electron chi connectivity index (χ0n) is 7.99. The molecule has 0 aromatic carbocycles. The van der Waals surface area contributed by atoms with E-state index in [1.807, 2.05) is 26.0 Å². The molecule has 1 rings (SSSR count). The van der Waals surface area contributed by atoms with Gasteiger partial charge in [-0.05, 0) is 19.9 Å². The molecule has 1 aromatic rings. The van der Waals surface area contributed by atoms with Gasteiger partial charge in [-0.1, -0.05) is 12.2 Å². The molecule has 0 bridgehead atoms. The summed E-state index contributed by atoms with van der Waals surface area (Å²) in [6.45, 7) is 3.85. The van der Waals surface area contributed by atoms with Crippen molar-refractivity contribution in [3.63, 3.8) is 0 Å². The van der Waals surface area contributed by atoms with Gasteiger partial charge in [0.1, 0.15) is 0 Å². The van der Waals surface area contributed by atoms with Crippen LogP contribution in [0.5, 0.6) is 0 Å². The summed E-state index contributed by atoms with van der Waals surface area (Å²) < 4.78 is 0. The van der Waals surface area contributed by atoms with Crippen molar-refractivity contribution in [2.24, 2.45) is 5.73 Å². The van der Waals surface area contributed by atoms with Crippen molar-refractivity contribution < 1.29 is 0 Å². The molecule has 0 spiro atoms. The Kier molecular flexibility index (Phi) is 2.68. The van der Waals surface area contributed by atoms with Crippen LogP contribution in [0.4, 0.5) is 5.69 Å². The molecule has 0 radical (unpaired) electrons. The third-order valence-electron chi connectivity index (χ3n) is 1.58. The van der Waals surface area contributed by atoms with Crippen LogP contribution in [0.1, 0.15) is 19.4 Å². The molecule has 0 saturated heterocycles. The van der Waals surface area contributed by atoms with E-state index >= 15 is 0 Å². The second-order valence-corrected chi connectivity index (χ2v) is 3.66. The average molecular weight is 177 g/mol. The van der Waals surface area contributed by atoms with Crippen molar-refractivity contribution in [1.82, 2.24) is 4.98 Å². The van der Waals surface area contributed by atoms with Crippen LogP contribution in [0.25, 0.3) is 6.08 Å². The van der Waals surface area contributed by atoms with E-state index in [1.165, 1.54) is 0 Å². The lowest BCUT2D eigenvalue weighted by Gasteiger charge is -2.11. The fourth-order valence-electron chi connectivity index (χ4n) is 0.861. The summed E-state index contributed by atoms with van der Waals surface area (Å²) in [7, 11) is 0. The first-order chi connectivity index (χ1) is 5.99. The molecule has 3 nitrogen and oxygen atoms in total. The quantitative estimate of drug-likeness (QED) is 0.718. The van der Waals surface area contributed by atoms with Gasteiger partial charge < -0.3 is 11.5 Å². The van der Waals surface area contributed by atoms with Crippen LogP contribution in [0.2, 0.25) is 0 Å². The molecule has 0 aliphatic carbocycles. The lowest BCUT2D eigenvalue weighted by molar-refractivity contribution is 0.657. The monoisotopic (exact) mass is 177 g/mol. The molecular formula is C10H15N3. The molecule has 1 aromatic heterocycles. The minimum absolute atomic E-state index is 0.317. The van der Waals surface area contributed by atoms with E-state index in [9.17, 15) is 0 Å². The molecule has 13 heavy (non-hydrogen) atoms. The third kappa shape index (κ3) is 3.25. The van der Waals surface area contributed by atoms with Gasteiger partial charge in [0, 0.05) is 29.2 Å². The van der Waals surface area contributed by atoms with E-state index in [2.05, 4.69) is 4.98 Å². The van der Waals surface area contributed by atoms with Crippen molar-refractivity contribution in [2.75, 3.05) is 5.73 Å². The highest BCUT2D eigenvalue weighted by molar-refractivity contribution is 5.63. The zero-order chi connectivity index (χ0) is 9.90. The van der Waals surface area contributed by atoms with Crippen LogP contribution in [-0.2, 0) is 0 Å². The summed E-state index contributed by atoms with van der Waals surface area (Å²) in [5.41, 5.74) is 12.8. The number of aromatic nitrogens is 1. The minimum Gasteiger partial charge on any atom is -0.398 e. The summed E-state index contributed by atoms with van der Waals surface area (Å²) in [6, 6.07) is 1.77. The number of anilines is 1. The Balaban J connectivity index is 2.86. The van der Waals surface area contributed by atoms with Crippen LogP contribution in [0.3, 0.4) is 0 Å². The van der Waals surface area contributed by atoms with Gasteiger partial charge in [-0.15, -0.1) is 0 Å². The van der Waals surface area contributed by atoms with Gasteiger partial charge in [0.25, 0.3) is 0 Å².